The van der Waals surface area contributed by atoms with E-state index in [4.69, 9.17) is 4.42 Å². The first-order chi connectivity index (χ1) is 26.8. The fourth-order valence-corrected chi connectivity index (χ4v) is 7.91. The molecule has 0 atom stereocenters. The number of hydrogen-bond donors (Lipinski definition) is 0. The molecule has 254 valence electrons. The summed E-state index contributed by atoms with van der Waals surface area (Å²) in [5.41, 5.74) is 12.1. The number of fused-ring (bicyclic) bond motifs is 3. The van der Waals surface area contributed by atoms with Crippen LogP contribution in [0.25, 0.3) is 77.2 Å². The summed E-state index contributed by atoms with van der Waals surface area (Å²) in [6.45, 7) is 0. The summed E-state index contributed by atoms with van der Waals surface area (Å²) >= 11 is 0. The topological polar surface area (TPSA) is 16.4 Å². The second-order valence-electron chi connectivity index (χ2n) is 13.7. The Morgan fingerprint density at radius 2 is 0.796 bits per heavy atom. The summed E-state index contributed by atoms with van der Waals surface area (Å²) in [4.78, 5) is 2.34. The third-order valence-corrected chi connectivity index (χ3v) is 10.5. The van der Waals surface area contributed by atoms with Gasteiger partial charge in [0.1, 0.15) is 11.3 Å². The minimum atomic E-state index is 0.863. The standard InChI is InChI=1S/C52H35NO/c1-2-15-40(16-3-1)51-49-23-8-9-26-50(49)54-52(51)41-19-10-20-44(35-41)53(42-31-27-38(28-32-42)47-24-11-17-36-13-4-6-21-45(36)47)43-33-29-39(30-34-43)48-25-12-18-37-14-5-7-22-46(37)48/h1-35H. The lowest BCUT2D eigenvalue weighted by Crippen LogP contribution is -2.10. The highest BCUT2D eigenvalue weighted by molar-refractivity contribution is 6.02. The zero-order chi connectivity index (χ0) is 35.8. The summed E-state index contributed by atoms with van der Waals surface area (Å²) in [5, 5.41) is 6.09. The molecule has 54 heavy (non-hydrogen) atoms. The normalized spacial score (nSPS) is 11.3. The van der Waals surface area contributed by atoms with Crippen molar-refractivity contribution in [2.75, 3.05) is 4.90 Å². The van der Waals surface area contributed by atoms with Crippen molar-refractivity contribution in [2.45, 2.75) is 0 Å². The monoisotopic (exact) mass is 689 g/mol. The van der Waals surface area contributed by atoms with Gasteiger partial charge in [0.05, 0.1) is 0 Å². The predicted octanol–water partition coefficient (Wildman–Crippen LogP) is 14.9. The molecule has 0 aliphatic carbocycles. The fourth-order valence-electron chi connectivity index (χ4n) is 7.91. The zero-order valence-corrected chi connectivity index (χ0v) is 29.6. The van der Waals surface area contributed by atoms with Gasteiger partial charge in [0.25, 0.3) is 0 Å². The van der Waals surface area contributed by atoms with Crippen molar-refractivity contribution in [3.8, 4) is 44.7 Å². The van der Waals surface area contributed by atoms with E-state index >= 15 is 0 Å². The maximum Gasteiger partial charge on any atom is 0.143 e. The Bertz CT molecular complexity index is 2790. The van der Waals surface area contributed by atoms with Crippen molar-refractivity contribution in [2.24, 2.45) is 0 Å². The number of rotatable bonds is 7. The number of anilines is 3. The Labute approximate surface area is 314 Å². The Morgan fingerprint density at radius 3 is 1.41 bits per heavy atom. The molecule has 9 aromatic carbocycles. The van der Waals surface area contributed by atoms with Crippen molar-refractivity contribution < 1.29 is 4.42 Å². The molecule has 10 aromatic rings. The van der Waals surface area contributed by atoms with Gasteiger partial charge in [-0.1, -0.05) is 170 Å². The van der Waals surface area contributed by atoms with Crippen molar-refractivity contribution in [1.29, 1.82) is 0 Å². The third-order valence-electron chi connectivity index (χ3n) is 10.5. The van der Waals surface area contributed by atoms with Crippen LogP contribution in [0.4, 0.5) is 17.1 Å². The lowest BCUT2D eigenvalue weighted by molar-refractivity contribution is 0.632. The lowest BCUT2D eigenvalue weighted by atomic mass is 9.97. The number of hydrogen-bond acceptors (Lipinski definition) is 2. The van der Waals surface area contributed by atoms with Gasteiger partial charge in [-0.25, -0.2) is 0 Å². The Hall–Kier alpha value is -7.16. The molecule has 1 aromatic heterocycles. The van der Waals surface area contributed by atoms with Gasteiger partial charge in [-0.3, -0.25) is 0 Å². The van der Waals surface area contributed by atoms with Crippen LogP contribution in [-0.4, -0.2) is 0 Å². The van der Waals surface area contributed by atoms with E-state index in [1.165, 1.54) is 43.8 Å². The predicted molar refractivity (Wildman–Crippen MR) is 228 cm³/mol. The van der Waals surface area contributed by atoms with Crippen LogP contribution in [0.3, 0.4) is 0 Å². The van der Waals surface area contributed by atoms with Crippen LogP contribution in [0.5, 0.6) is 0 Å². The molecule has 0 spiro atoms. The van der Waals surface area contributed by atoms with Crippen LogP contribution < -0.4 is 4.90 Å². The van der Waals surface area contributed by atoms with Gasteiger partial charge in [-0.05, 0) is 91.8 Å². The highest BCUT2D eigenvalue weighted by Crippen LogP contribution is 2.44. The van der Waals surface area contributed by atoms with Crippen molar-refractivity contribution in [3.05, 3.63) is 212 Å². The average Bonchev–Trinajstić information content (AvgIpc) is 3.64. The maximum atomic E-state index is 6.67. The number of furan rings is 1. The van der Waals surface area contributed by atoms with E-state index < -0.39 is 0 Å². The Balaban J connectivity index is 1.11. The molecule has 0 saturated carbocycles. The number of para-hydroxylation sites is 1. The summed E-state index contributed by atoms with van der Waals surface area (Å²) in [5.74, 6) is 0.863. The van der Waals surface area contributed by atoms with Crippen LogP contribution in [0.15, 0.2) is 217 Å². The largest absolute Gasteiger partial charge is 0.455 e. The Kier molecular flexibility index (Phi) is 7.85. The molecule has 2 heteroatoms. The molecule has 1 heterocycles. The summed E-state index contributed by atoms with van der Waals surface area (Å²) < 4.78 is 6.67. The van der Waals surface area contributed by atoms with Gasteiger partial charge in [-0.15, -0.1) is 0 Å². The molecule has 0 radical (unpaired) electrons. The minimum Gasteiger partial charge on any atom is -0.455 e. The molecule has 0 aliphatic rings. The van der Waals surface area contributed by atoms with E-state index in [0.717, 1.165) is 50.5 Å². The van der Waals surface area contributed by atoms with Gasteiger partial charge in [-0.2, -0.15) is 0 Å². The van der Waals surface area contributed by atoms with E-state index in [1.807, 2.05) is 6.07 Å². The van der Waals surface area contributed by atoms with E-state index in [1.54, 1.807) is 0 Å². The average molecular weight is 690 g/mol. The van der Waals surface area contributed by atoms with E-state index in [-0.39, 0.29) is 0 Å². The summed E-state index contributed by atoms with van der Waals surface area (Å²) in [7, 11) is 0. The minimum absolute atomic E-state index is 0.863. The Morgan fingerprint density at radius 1 is 0.315 bits per heavy atom. The van der Waals surface area contributed by atoms with Crippen LogP contribution in [-0.2, 0) is 0 Å². The molecule has 0 unspecified atom stereocenters. The van der Waals surface area contributed by atoms with Crippen molar-refractivity contribution in [3.63, 3.8) is 0 Å². The first kappa shape index (κ1) is 31.6. The summed E-state index contributed by atoms with van der Waals surface area (Å²) in [6, 6.07) is 75.7. The van der Waals surface area contributed by atoms with Crippen molar-refractivity contribution in [1.82, 2.24) is 0 Å². The SMILES string of the molecule is c1ccc(-c2c(-c3cccc(N(c4ccc(-c5cccc6ccccc56)cc4)c4ccc(-c5cccc6ccccc56)cc4)c3)oc3ccccc23)cc1. The van der Waals surface area contributed by atoms with Crippen molar-refractivity contribution >= 4 is 49.6 Å². The second-order valence-corrected chi connectivity index (χ2v) is 13.7. The van der Waals surface area contributed by atoms with E-state index in [9.17, 15) is 0 Å². The molecule has 2 nitrogen and oxygen atoms in total. The molecule has 0 amide bonds. The van der Waals surface area contributed by atoms with Gasteiger partial charge in [0.2, 0.25) is 0 Å². The number of benzene rings is 9. The van der Waals surface area contributed by atoms with Gasteiger partial charge < -0.3 is 9.32 Å². The molecule has 10 rings (SSSR count). The second kappa shape index (κ2) is 13.4. The lowest BCUT2D eigenvalue weighted by Gasteiger charge is -2.26. The molecule has 0 fully saturated rings. The van der Waals surface area contributed by atoms with E-state index in [2.05, 4.69) is 211 Å². The van der Waals surface area contributed by atoms with Gasteiger partial charge >= 0.3 is 0 Å². The van der Waals surface area contributed by atoms with Gasteiger partial charge in [0, 0.05) is 33.6 Å². The molecular weight excluding hydrogens is 655 g/mol. The van der Waals surface area contributed by atoms with Crippen LogP contribution in [0.1, 0.15) is 0 Å². The van der Waals surface area contributed by atoms with Crippen LogP contribution in [0.2, 0.25) is 0 Å². The van der Waals surface area contributed by atoms with Gasteiger partial charge in [0.15, 0.2) is 0 Å². The first-order valence-corrected chi connectivity index (χ1v) is 18.4. The molecule has 0 bridgehead atoms. The molecule has 0 aliphatic heterocycles. The quantitative estimate of drug-likeness (QED) is 0.166. The highest BCUT2D eigenvalue weighted by Gasteiger charge is 2.20. The molecular formula is C52H35NO. The van der Waals surface area contributed by atoms with E-state index in [0.29, 0.717) is 0 Å². The molecule has 0 N–H and O–H groups in total. The zero-order valence-electron chi connectivity index (χ0n) is 29.6. The van der Waals surface area contributed by atoms with Crippen LogP contribution >= 0.6 is 0 Å². The third kappa shape index (κ3) is 5.62. The summed E-state index contributed by atoms with van der Waals surface area (Å²) in [6.07, 6.45) is 0. The fraction of sp³-hybridized carbons (Fsp3) is 0. The first-order valence-electron chi connectivity index (χ1n) is 18.4. The van der Waals surface area contributed by atoms with Crippen LogP contribution in [0, 0.1) is 0 Å². The number of nitrogens with zero attached hydrogens (tertiary/aromatic N) is 1. The molecule has 0 saturated heterocycles. The maximum absolute atomic E-state index is 6.67. The smallest absolute Gasteiger partial charge is 0.143 e. The highest BCUT2D eigenvalue weighted by atomic mass is 16.3.